The highest BCUT2D eigenvalue weighted by Crippen LogP contribution is 2.30. The van der Waals surface area contributed by atoms with Crippen LogP contribution in [0, 0.1) is 0 Å². The molecule has 0 aromatic carbocycles. The Morgan fingerprint density at radius 1 is 1.33 bits per heavy atom. The van der Waals surface area contributed by atoms with E-state index in [9.17, 15) is 9.59 Å². The summed E-state index contributed by atoms with van der Waals surface area (Å²) in [5.74, 6) is -0.715. The predicted molar refractivity (Wildman–Crippen MR) is 77.9 cm³/mol. The molecule has 1 aliphatic heterocycles. The number of likely N-dealkylation sites (tertiary alicyclic amines) is 1. The maximum Gasteiger partial charge on any atom is 0.338 e. The van der Waals surface area contributed by atoms with E-state index in [1.807, 2.05) is 0 Å². The number of carbonyl (C=O) groups is 2. The minimum atomic E-state index is -1.09. The number of aromatic carboxylic acids is 1. The number of amides is 1. The Bertz CT molecular complexity index is 638. The monoisotopic (exact) mass is 305 g/mol. The molecular weight excluding hydrogens is 290 g/mol. The normalized spacial score (nSPS) is 16.1. The van der Waals surface area contributed by atoms with E-state index < -0.39 is 5.97 Å². The lowest BCUT2D eigenvalue weighted by molar-refractivity contribution is 0.0677. The van der Waals surface area contributed by atoms with Gasteiger partial charge in [-0.25, -0.2) is 4.79 Å². The third kappa shape index (κ3) is 2.85. The fraction of sp³-hybridized carbons (Fsp3) is 0.333. The van der Waals surface area contributed by atoms with Crippen molar-refractivity contribution in [2.75, 3.05) is 13.1 Å². The van der Waals surface area contributed by atoms with Crippen molar-refractivity contribution in [3.05, 3.63) is 46.0 Å². The first-order valence-corrected chi connectivity index (χ1v) is 7.72. The maximum absolute atomic E-state index is 12.3. The molecule has 1 N–H and O–H groups in total. The van der Waals surface area contributed by atoms with Crippen LogP contribution in [-0.2, 0) is 0 Å². The van der Waals surface area contributed by atoms with E-state index in [4.69, 9.17) is 9.52 Å². The zero-order chi connectivity index (χ0) is 14.8. The third-order valence-electron chi connectivity index (χ3n) is 3.85. The molecule has 5 nitrogen and oxygen atoms in total. The maximum atomic E-state index is 12.3. The summed E-state index contributed by atoms with van der Waals surface area (Å²) in [5.41, 5.74) is 1.35. The van der Waals surface area contributed by atoms with Crippen molar-refractivity contribution >= 4 is 23.2 Å². The van der Waals surface area contributed by atoms with Gasteiger partial charge in [-0.05, 0) is 41.1 Å². The molecule has 21 heavy (non-hydrogen) atoms. The molecular formula is C15H15NO4S. The van der Waals surface area contributed by atoms with Gasteiger partial charge in [0, 0.05) is 19.2 Å². The lowest BCUT2D eigenvalue weighted by atomic mass is 9.91. The highest BCUT2D eigenvalue weighted by atomic mass is 32.1. The number of thiophene rings is 1. The molecule has 0 unspecified atom stereocenters. The van der Waals surface area contributed by atoms with Crippen molar-refractivity contribution in [2.45, 2.75) is 18.8 Å². The smallest absolute Gasteiger partial charge is 0.338 e. The Balaban J connectivity index is 1.63. The molecule has 0 aliphatic carbocycles. The van der Waals surface area contributed by atoms with E-state index in [1.54, 1.807) is 16.2 Å². The number of rotatable bonds is 3. The summed E-state index contributed by atoms with van der Waals surface area (Å²) in [6.45, 7) is 1.34. The number of furan rings is 1. The molecule has 3 heterocycles. The van der Waals surface area contributed by atoms with Crippen molar-refractivity contribution in [1.29, 1.82) is 0 Å². The summed E-state index contributed by atoms with van der Waals surface area (Å²) < 4.78 is 5.07. The lowest BCUT2D eigenvalue weighted by Gasteiger charge is -2.31. The van der Waals surface area contributed by atoms with Crippen molar-refractivity contribution in [3.8, 4) is 0 Å². The van der Waals surface area contributed by atoms with Crippen LogP contribution in [0.25, 0.3) is 0 Å². The highest BCUT2D eigenvalue weighted by Gasteiger charge is 2.26. The Morgan fingerprint density at radius 2 is 2.10 bits per heavy atom. The molecule has 1 saturated heterocycles. The van der Waals surface area contributed by atoms with Crippen molar-refractivity contribution in [1.82, 2.24) is 4.90 Å². The second-order valence-corrected chi connectivity index (χ2v) is 5.91. The van der Waals surface area contributed by atoms with Gasteiger partial charge in [-0.2, -0.15) is 11.3 Å². The zero-order valence-electron chi connectivity index (χ0n) is 11.3. The van der Waals surface area contributed by atoms with Gasteiger partial charge in [0.25, 0.3) is 5.91 Å². The Hall–Kier alpha value is -2.08. The molecule has 0 atom stereocenters. The minimum Gasteiger partial charge on any atom is -0.478 e. The summed E-state index contributed by atoms with van der Waals surface area (Å²) in [4.78, 5) is 24.8. The van der Waals surface area contributed by atoms with Gasteiger partial charge in [0.05, 0.1) is 5.56 Å². The van der Waals surface area contributed by atoms with Crippen LogP contribution in [0.5, 0.6) is 0 Å². The molecule has 3 rings (SSSR count). The van der Waals surface area contributed by atoms with Gasteiger partial charge in [0.15, 0.2) is 5.76 Å². The largest absolute Gasteiger partial charge is 0.478 e. The summed E-state index contributed by atoms with van der Waals surface area (Å²) >= 11 is 1.69. The fourth-order valence-corrected chi connectivity index (χ4v) is 3.38. The predicted octanol–water partition coefficient (Wildman–Crippen LogP) is 3.06. The van der Waals surface area contributed by atoms with E-state index >= 15 is 0 Å². The van der Waals surface area contributed by atoms with Crippen molar-refractivity contribution in [2.24, 2.45) is 0 Å². The summed E-state index contributed by atoms with van der Waals surface area (Å²) in [7, 11) is 0. The zero-order valence-corrected chi connectivity index (χ0v) is 12.1. The van der Waals surface area contributed by atoms with Crippen molar-refractivity contribution in [3.63, 3.8) is 0 Å². The van der Waals surface area contributed by atoms with Gasteiger partial charge < -0.3 is 14.4 Å². The molecule has 1 fully saturated rings. The average molecular weight is 305 g/mol. The number of hydrogen-bond acceptors (Lipinski definition) is 4. The molecule has 6 heteroatoms. The molecule has 0 saturated carbocycles. The SMILES string of the molecule is O=C(O)c1coc(C(=O)N2CCC(c3ccsc3)CC2)c1. The number of carbonyl (C=O) groups excluding carboxylic acids is 1. The van der Waals surface area contributed by atoms with E-state index in [2.05, 4.69) is 16.8 Å². The summed E-state index contributed by atoms with van der Waals surface area (Å²) in [6.07, 6.45) is 2.96. The van der Waals surface area contributed by atoms with E-state index in [0.717, 1.165) is 19.1 Å². The van der Waals surface area contributed by atoms with Crippen LogP contribution in [-0.4, -0.2) is 35.0 Å². The van der Waals surface area contributed by atoms with Crippen molar-refractivity contribution < 1.29 is 19.1 Å². The Morgan fingerprint density at radius 3 is 2.67 bits per heavy atom. The van der Waals surface area contributed by atoms with Crippen LogP contribution in [0.2, 0.25) is 0 Å². The molecule has 2 aromatic rings. The number of carboxylic acid groups (broad SMARTS) is 1. The molecule has 110 valence electrons. The third-order valence-corrected chi connectivity index (χ3v) is 4.56. The van der Waals surface area contributed by atoms with Gasteiger partial charge in [-0.3, -0.25) is 4.79 Å². The fourth-order valence-electron chi connectivity index (χ4n) is 2.64. The van der Waals surface area contributed by atoms with Crippen LogP contribution >= 0.6 is 11.3 Å². The molecule has 0 radical (unpaired) electrons. The van der Waals surface area contributed by atoms with E-state index in [1.165, 1.54) is 11.6 Å². The first-order chi connectivity index (χ1) is 10.1. The highest BCUT2D eigenvalue weighted by molar-refractivity contribution is 7.07. The Kier molecular flexibility index (Phi) is 3.79. The van der Waals surface area contributed by atoms with Crippen LogP contribution in [0.15, 0.2) is 33.6 Å². The first-order valence-electron chi connectivity index (χ1n) is 6.78. The quantitative estimate of drug-likeness (QED) is 0.946. The number of nitrogens with zero attached hydrogens (tertiary/aromatic N) is 1. The number of carboxylic acids is 1. The number of piperidine rings is 1. The van der Waals surface area contributed by atoms with Gasteiger partial charge in [-0.15, -0.1) is 0 Å². The average Bonchev–Trinajstić information content (AvgIpc) is 3.18. The molecule has 0 spiro atoms. The van der Waals surface area contributed by atoms with Gasteiger partial charge in [0.1, 0.15) is 6.26 Å². The van der Waals surface area contributed by atoms with Crippen LogP contribution in [0.3, 0.4) is 0 Å². The van der Waals surface area contributed by atoms with Gasteiger partial charge in [0.2, 0.25) is 0 Å². The second-order valence-electron chi connectivity index (χ2n) is 5.13. The standard InChI is InChI=1S/C15H15NO4S/c17-14(13-7-12(8-20-13)15(18)19)16-4-1-10(2-5-16)11-3-6-21-9-11/h3,6-10H,1-2,4-5H2,(H,18,19). The Labute approximate surface area is 125 Å². The molecule has 1 aliphatic rings. The van der Waals surface area contributed by atoms with Crippen LogP contribution in [0.4, 0.5) is 0 Å². The minimum absolute atomic E-state index is 0.00603. The number of hydrogen-bond donors (Lipinski definition) is 1. The molecule has 2 aromatic heterocycles. The molecule has 0 bridgehead atoms. The lowest BCUT2D eigenvalue weighted by Crippen LogP contribution is -2.37. The van der Waals surface area contributed by atoms with E-state index in [-0.39, 0.29) is 17.2 Å². The summed E-state index contributed by atoms with van der Waals surface area (Å²) in [5, 5.41) is 13.1. The first kappa shape index (κ1) is 13.9. The van der Waals surface area contributed by atoms with Crippen LogP contribution in [0.1, 0.15) is 45.2 Å². The van der Waals surface area contributed by atoms with E-state index in [0.29, 0.717) is 19.0 Å². The topological polar surface area (TPSA) is 70.7 Å². The summed E-state index contributed by atoms with van der Waals surface area (Å²) in [6, 6.07) is 3.42. The van der Waals surface area contributed by atoms with Gasteiger partial charge >= 0.3 is 5.97 Å². The second kappa shape index (κ2) is 5.73. The van der Waals surface area contributed by atoms with Gasteiger partial charge in [-0.1, -0.05) is 0 Å². The molecule has 1 amide bonds. The van der Waals surface area contributed by atoms with Crippen LogP contribution < -0.4 is 0 Å².